The van der Waals surface area contributed by atoms with Gasteiger partial charge in [0.1, 0.15) is 17.4 Å². The first-order chi connectivity index (χ1) is 11.0. The van der Waals surface area contributed by atoms with Crippen molar-refractivity contribution >= 4 is 17.3 Å². The van der Waals surface area contributed by atoms with Crippen molar-refractivity contribution in [1.82, 2.24) is 0 Å². The lowest BCUT2D eigenvalue weighted by Crippen LogP contribution is -2.26. The summed E-state index contributed by atoms with van der Waals surface area (Å²) in [4.78, 5) is 13.5. The molecule has 1 aromatic heterocycles. The van der Waals surface area contributed by atoms with E-state index in [9.17, 15) is 10.1 Å². The Labute approximate surface area is 140 Å². The summed E-state index contributed by atoms with van der Waals surface area (Å²) >= 11 is 1.50. The lowest BCUT2D eigenvalue weighted by Gasteiger charge is -2.27. The number of hydrogen-bond acceptors (Lipinski definition) is 6. The largest absolute Gasteiger partial charge is 0.463 e. The van der Waals surface area contributed by atoms with Crippen molar-refractivity contribution in [2.75, 3.05) is 6.61 Å². The number of carbonyl (C=O) groups excluding carboxylic acids is 1. The van der Waals surface area contributed by atoms with Crippen LogP contribution in [0.1, 0.15) is 43.0 Å². The molecule has 0 saturated carbocycles. The molecule has 0 aliphatic carbocycles. The Morgan fingerprint density at radius 1 is 1.52 bits per heavy atom. The van der Waals surface area contributed by atoms with E-state index in [1.165, 1.54) is 11.3 Å². The van der Waals surface area contributed by atoms with Gasteiger partial charge in [0.05, 0.1) is 18.1 Å². The van der Waals surface area contributed by atoms with Crippen LogP contribution in [0.25, 0.3) is 0 Å². The fraction of sp³-hybridized carbons (Fsp3) is 0.412. The van der Waals surface area contributed by atoms with E-state index in [2.05, 4.69) is 6.07 Å². The van der Waals surface area contributed by atoms with Crippen LogP contribution < -0.4 is 5.73 Å². The Bertz CT molecular complexity index is 710. The third-order valence-corrected chi connectivity index (χ3v) is 4.72. The molecule has 1 aliphatic heterocycles. The number of ether oxygens (including phenoxy) is 2. The van der Waals surface area contributed by atoms with Gasteiger partial charge in [-0.05, 0) is 37.3 Å². The van der Waals surface area contributed by atoms with E-state index in [1.807, 2.05) is 25.3 Å². The van der Waals surface area contributed by atoms with E-state index >= 15 is 0 Å². The van der Waals surface area contributed by atoms with Gasteiger partial charge in [-0.15, -0.1) is 11.3 Å². The van der Waals surface area contributed by atoms with E-state index in [4.69, 9.17) is 15.2 Å². The van der Waals surface area contributed by atoms with Gasteiger partial charge in [0, 0.05) is 11.3 Å². The van der Waals surface area contributed by atoms with Gasteiger partial charge in [0.15, 0.2) is 0 Å². The number of nitrogens with two attached hydrogens (primary N) is 1. The van der Waals surface area contributed by atoms with E-state index < -0.39 is 11.9 Å². The van der Waals surface area contributed by atoms with E-state index in [-0.39, 0.29) is 18.1 Å². The minimum Gasteiger partial charge on any atom is -0.463 e. The number of aryl methyl sites for hydroxylation is 1. The molecule has 6 heteroatoms. The molecular weight excluding hydrogens is 312 g/mol. The summed E-state index contributed by atoms with van der Waals surface area (Å²) in [6.45, 7) is 5.96. The summed E-state index contributed by atoms with van der Waals surface area (Å²) in [5.74, 6) is -0.398. The third-order valence-electron chi connectivity index (χ3n) is 3.63. The number of allylic oxidation sites excluding steroid dienone is 2. The lowest BCUT2D eigenvalue weighted by atomic mass is 9.85. The standard InChI is InChI=1S/C17H20N2O3S/c1-4-6-12-14(17(20)21-5-2)13(11(9-18)16(19)22-12)15-10(3)7-8-23-15/h7-8,13H,4-6,19H2,1-3H3/t13-/m0/s1. The molecular formula is C17H20N2O3S. The molecule has 0 fully saturated rings. The van der Waals surface area contributed by atoms with Crippen LogP contribution >= 0.6 is 11.3 Å². The van der Waals surface area contributed by atoms with Gasteiger partial charge in [-0.2, -0.15) is 5.26 Å². The fourth-order valence-corrected chi connectivity index (χ4v) is 3.65. The number of nitriles is 1. The monoisotopic (exact) mass is 332 g/mol. The highest BCUT2D eigenvalue weighted by Gasteiger charge is 2.38. The molecule has 0 aromatic carbocycles. The number of carbonyl (C=O) groups is 1. The molecule has 0 radical (unpaired) electrons. The first-order valence-electron chi connectivity index (χ1n) is 7.56. The molecule has 23 heavy (non-hydrogen) atoms. The maximum atomic E-state index is 12.5. The van der Waals surface area contributed by atoms with Crippen LogP contribution in [0, 0.1) is 18.3 Å². The smallest absolute Gasteiger partial charge is 0.338 e. The van der Waals surface area contributed by atoms with Crippen molar-refractivity contribution in [1.29, 1.82) is 5.26 Å². The average Bonchev–Trinajstić information content (AvgIpc) is 2.93. The maximum Gasteiger partial charge on any atom is 0.338 e. The Hall–Kier alpha value is -2.26. The predicted octanol–water partition coefficient (Wildman–Crippen LogP) is 3.48. The Morgan fingerprint density at radius 3 is 2.78 bits per heavy atom. The molecule has 0 saturated heterocycles. The van der Waals surface area contributed by atoms with E-state index in [0.717, 1.165) is 16.9 Å². The number of thiophene rings is 1. The zero-order chi connectivity index (χ0) is 17.0. The molecule has 0 amide bonds. The van der Waals surface area contributed by atoms with Crippen LogP contribution in [0.4, 0.5) is 0 Å². The summed E-state index contributed by atoms with van der Waals surface area (Å²) in [5.41, 5.74) is 7.62. The van der Waals surface area contributed by atoms with Crippen LogP contribution in [-0.2, 0) is 14.3 Å². The van der Waals surface area contributed by atoms with Crippen molar-refractivity contribution in [2.45, 2.75) is 39.5 Å². The number of nitrogens with zero attached hydrogens (tertiary/aromatic N) is 1. The van der Waals surface area contributed by atoms with Crippen molar-refractivity contribution in [3.8, 4) is 6.07 Å². The predicted molar refractivity (Wildman–Crippen MR) is 88.3 cm³/mol. The number of esters is 1. The van der Waals surface area contributed by atoms with Crippen LogP contribution in [0.5, 0.6) is 0 Å². The highest BCUT2D eigenvalue weighted by Crippen LogP contribution is 2.43. The van der Waals surface area contributed by atoms with Crippen molar-refractivity contribution in [2.24, 2.45) is 5.73 Å². The highest BCUT2D eigenvalue weighted by molar-refractivity contribution is 7.10. The second kappa shape index (κ2) is 7.34. The minimum absolute atomic E-state index is 0.0711. The van der Waals surface area contributed by atoms with Crippen molar-refractivity contribution in [3.63, 3.8) is 0 Å². The first-order valence-corrected chi connectivity index (χ1v) is 8.44. The fourth-order valence-electron chi connectivity index (χ4n) is 2.61. The Kier molecular flexibility index (Phi) is 5.45. The van der Waals surface area contributed by atoms with Gasteiger partial charge in [-0.25, -0.2) is 4.79 Å². The quantitative estimate of drug-likeness (QED) is 0.834. The van der Waals surface area contributed by atoms with Gasteiger partial charge in [-0.3, -0.25) is 0 Å². The van der Waals surface area contributed by atoms with Gasteiger partial charge in [-0.1, -0.05) is 6.92 Å². The highest BCUT2D eigenvalue weighted by atomic mass is 32.1. The molecule has 122 valence electrons. The molecule has 5 nitrogen and oxygen atoms in total. The lowest BCUT2D eigenvalue weighted by molar-refractivity contribution is -0.139. The van der Waals surface area contributed by atoms with Gasteiger partial charge >= 0.3 is 5.97 Å². The summed E-state index contributed by atoms with van der Waals surface area (Å²) in [6, 6.07) is 4.06. The van der Waals surface area contributed by atoms with Gasteiger partial charge < -0.3 is 15.2 Å². The topological polar surface area (TPSA) is 85.3 Å². The molecule has 0 spiro atoms. The molecule has 1 aliphatic rings. The van der Waals surface area contributed by atoms with Crippen molar-refractivity contribution < 1.29 is 14.3 Å². The second-order valence-electron chi connectivity index (χ2n) is 5.20. The third kappa shape index (κ3) is 3.25. The van der Waals surface area contributed by atoms with Crippen LogP contribution in [-0.4, -0.2) is 12.6 Å². The molecule has 2 heterocycles. The SMILES string of the molecule is CCCC1=C(C(=O)OCC)[C@@H](c2sccc2C)C(C#N)=C(N)O1. The summed E-state index contributed by atoms with van der Waals surface area (Å²) in [5, 5.41) is 11.5. The maximum absolute atomic E-state index is 12.5. The van der Waals surface area contributed by atoms with Gasteiger partial charge in [0.25, 0.3) is 0 Å². The number of hydrogen-bond donors (Lipinski definition) is 1. The normalized spacial score (nSPS) is 17.7. The Balaban J connectivity index is 2.65. The van der Waals surface area contributed by atoms with E-state index in [1.54, 1.807) is 6.92 Å². The van der Waals surface area contributed by atoms with Crippen molar-refractivity contribution in [3.05, 3.63) is 44.7 Å². The molecule has 1 atom stereocenters. The second-order valence-corrected chi connectivity index (χ2v) is 6.15. The van der Waals surface area contributed by atoms with Crippen LogP contribution in [0.2, 0.25) is 0 Å². The molecule has 1 aromatic rings. The molecule has 2 N–H and O–H groups in total. The van der Waals surface area contributed by atoms with Gasteiger partial charge in [0.2, 0.25) is 5.88 Å². The van der Waals surface area contributed by atoms with Crippen LogP contribution in [0.3, 0.4) is 0 Å². The molecule has 0 unspecified atom stereocenters. The summed E-state index contributed by atoms with van der Waals surface area (Å²) in [6.07, 6.45) is 1.36. The summed E-state index contributed by atoms with van der Waals surface area (Å²) in [7, 11) is 0. The van der Waals surface area contributed by atoms with Crippen LogP contribution in [0.15, 0.2) is 34.2 Å². The van der Waals surface area contributed by atoms with E-state index in [0.29, 0.717) is 17.8 Å². The summed E-state index contributed by atoms with van der Waals surface area (Å²) < 4.78 is 10.8. The first kappa shape index (κ1) is 17.1. The zero-order valence-electron chi connectivity index (χ0n) is 13.5. The average molecular weight is 332 g/mol. The number of rotatable bonds is 5. The zero-order valence-corrected chi connectivity index (χ0v) is 14.3. The molecule has 2 rings (SSSR count). The minimum atomic E-state index is -0.519. The Morgan fingerprint density at radius 2 is 2.26 bits per heavy atom. The molecule has 0 bridgehead atoms.